The van der Waals surface area contributed by atoms with Gasteiger partial charge in [0.25, 0.3) is 0 Å². The Bertz CT molecular complexity index is 1240. The Hall–Kier alpha value is -3.25. The highest BCUT2D eigenvalue weighted by Crippen LogP contribution is 2.56. The number of anilines is 1. The molecule has 4 aliphatic carbocycles. The van der Waals surface area contributed by atoms with E-state index in [0.29, 0.717) is 11.8 Å². The first-order valence-corrected chi connectivity index (χ1v) is 13.2. The molecule has 4 fully saturated rings. The van der Waals surface area contributed by atoms with Crippen LogP contribution in [0.2, 0.25) is 0 Å². The first kappa shape index (κ1) is 23.2. The van der Waals surface area contributed by atoms with Gasteiger partial charge in [-0.05, 0) is 90.5 Å². The topological polar surface area (TPSA) is 94.3 Å². The van der Waals surface area contributed by atoms with E-state index in [-0.39, 0.29) is 30.9 Å². The zero-order valence-electron chi connectivity index (χ0n) is 20.4. The molecule has 6 heteroatoms. The highest BCUT2D eigenvalue weighted by Gasteiger charge is 2.51. The average Bonchev–Trinajstić information content (AvgIpc) is 2.88. The van der Waals surface area contributed by atoms with Crippen LogP contribution in [-0.4, -0.2) is 23.4 Å². The Labute approximate surface area is 211 Å². The van der Waals surface area contributed by atoms with Crippen LogP contribution < -0.4 is 11.1 Å². The number of carbonyl (C=O) groups excluding carboxylic acids is 2. The van der Waals surface area contributed by atoms with Gasteiger partial charge in [0.2, 0.25) is 5.91 Å². The van der Waals surface area contributed by atoms with Crippen molar-refractivity contribution in [3.8, 4) is 0 Å². The molecule has 7 rings (SSSR count). The molecule has 1 unspecified atom stereocenters. The van der Waals surface area contributed by atoms with Crippen LogP contribution in [0, 0.1) is 29.6 Å². The summed E-state index contributed by atoms with van der Waals surface area (Å²) in [5.74, 6) is 2.20. The molecule has 0 aliphatic heterocycles. The largest absolute Gasteiger partial charge is 0.461 e. The fourth-order valence-corrected chi connectivity index (χ4v) is 7.19. The van der Waals surface area contributed by atoms with Crippen molar-refractivity contribution < 1.29 is 14.3 Å². The predicted molar refractivity (Wildman–Crippen MR) is 139 cm³/mol. The second-order valence-corrected chi connectivity index (χ2v) is 11.0. The molecule has 0 saturated heterocycles. The normalized spacial score (nSPS) is 27.1. The molecule has 2 aromatic carbocycles. The lowest BCUT2D eigenvalue weighted by Crippen LogP contribution is -2.48. The standard InChI is InChI=1S/C30H33N3O3/c31-15-27(29(34)33-26-6-5-23-16-32-8-7-22(23)14-26)21-3-1-18(2-4-21)17-36-30(35)28-24-10-19-9-20(12-24)13-25(28)11-19/h1-8,14,16,19-20,24-25,27-28H,9-13,15,17,31H2,(H,33,34). The van der Waals surface area contributed by atoms with Crippen LogP contribution in [0.15, 0.2) is 60.9 Å². The van der Waals surface area contributed by atoms with Gasteiger partial charge in [0.1, 0.15) is 6.61 Å². The summed E-state index contributed by atoms with van der Waals surface area (Å²) in [7, 11) is 0. The summed E-state index contributed by atoms with van der Waals surface area (Å²) in [6.07, 6.45) is 9.74. The number of carbonyl (C=O) groups is 2. The number of nitrogens with two attached hydrogens (primary N) is 1. The molecule has 0 radical (unpaired) electrons. The number of amides is 1. The van der Waals surface area contributed by atoms with Gasteiger partial charge in [0, 0.05) is 30.0 Å². The summed E-state index contributed by atoms with van der Waals surface area (Å²) in [6, 6.07) is 15.3. The maximum atomic E-state index is 13.0. The van der Waals surface area contributed by atoms with Crippen LogP contribution >= 0.6 is 0 Å². The van der Waals surface area contributed by atoms with Crippen LogP contribution in [0.25, 0.3) is 10.8 Å². The minimum atomic E-state index is -0.470. The van der Waals surface area contributed by atoms with Gasteiger partial charge in [0.15, 0.2) is 0 Å². The van der Waals surface area contributed by atoms with Gasteiger partial charge in [-0.15, -0.1) is 0 Å². The van der Waals surface area contributed by atoms with E-state index in [1.807, 2.05) is 48.5 Å². The monoisotopic (exact) mass is 483 g/mol. The first-order valence-electron chi connectivity index (χ1n) is 13.2. The molecule has 0 spiro atoms. The summed E-state index contributed by atoms with van der Waals surface area (Å²) in [6.45, 7) is 0.470. The maximum Gasteiger partial charge on any atom is 0.309 e. The predicted octanol–water partition coefficient (Wildman–Crippen LogP) is 5.03. The van der Waals surface area contributed by atoms with E-state index in [1.54, 1.807) is 12.4 Å². The Morgan fingerprint density at radius 3 is 2.36 bits per heavy atom. The quantitative estimate of drug-likeness (QED) is 0.460. The van der Waals surface area contributed by atoms with E-state index in [9.17, 15) is 9.59 Å². The molecule has 3 aromatic rings. The number of esters is 1. The fourth-order valence-electron chi connectivity index (χ4n) is 7.19. The van der Waals surface area contributed by atoms with E-state index in [0.717, 1.165) is 39.4 Å². The highest BCUT2D eigenvalue weighted by molar-refractivity contribution is 5.98. The molecule has 4 saturated carbocycles. The number of nitrogens with one attached hydrogen (secondary N) is 1. The summed E-state index contributed by atoms with van der Waals surface area (Å²) in [5.41, 5.74) is 8.48. The minimum absolute atomic E-state index is 0.0155. The molecule has 4 bridgehead atoms. The zero-order chi connectivity index (χ0) is 24.6. The van der Waals surface area contributed by atoms with Crippen molar-refractivity contribution in [2.24, 2.45) is 35.3 Å². The lowest BCUT2D eigenvalue weighted by atomic mass is 9.52. The third-order valence-corrected chi connectivity index (χ3v) is 8.72. The Morgan fingerprint density at radius 2 is 1.67 bits per heavy atom. The van der Waals surface area contributed by atoms with Crippen LogP contribution in [0.3, 0.4) is 0 Å². The van der Waals surface area contributed by atoms with Crippen LogP contribution in [-0.2, 0) is 20.9 Å². The lowest BCUT2D eigenvalue weighted by molar-refractivity contribution is -0.163. The van der Waals surface area contributed by atoms with Crippen molar-refractivity contribution in [3.63, 3.8) is 0 Å². The van der Waals surface area contributed by atoms with Crippen molar-refractivity contribution in [2.75, 3.05) is 11.9 Å². The summed E-state index contributed by atoms with van der Waals surface area (Å²) < 4.78 is 5.79. The van der Waals surface area contributed by atoms with Crippen molar-refractivity contribution in [1.29, 1.82) is 0 Å². The molecule has 3 N–H and O–H groups in total. The van der Waals surface area contributed by atoms with Gasteiger partial charge in [-0.25, -0.2) is 0 Å². The van der Waals surface area contributed by atoms with Crippen LogP contribution in [0.4, 0.5) is 5.69 Å². The third kappa shape index (κ3) is 4.50. The first-order chi connectivity index (χ1) is 17.6. The van der Waals surface area contributed by atoms with Gasteiger partial charge in [-0.2, -0.15) is 0 Å². The molecule has 186 valence electrons. The van der Waals surface area contributed by atoms with Crippen molar-refractivity contribution in [1.82, 2.24) is 4.98 Å². The molecule has 4 aliphatic rings. The minimum Gasteiger partial charge on any atom is -0.461 e. The Morgan fingerprint density at radius 1 is 0.944 bits per heavy atom. The summed E-state index contributed by atoms with van der Waals surface area (Å²) in [5, 5.41) is 5.02. The Balaban J connectivity index is 1.07. The molecule has 1 amide bonds. The fraction of sp³-hybridized carbons (Fsp3) is 0.433. The second kappa shape index (κ2) is 9.66. The van der Waals surface area contributed by atoms with Gasteiger partial charge in [-0.1, -0.05) is 30.3 Å². The number of rotatable bonds is 7. The van der Waals surface area contributed by atoms with E-state index < -0.39 is 5.92 Å². The van der Waals surface area contributed by atoms with Gasteiger partial charge in [0.05, 0.1) is 11.8 Å². The number of benzene rings is 2. The zero-order valence-corrected chi connectivity index (χ0v) is 20.4. The molecular weight excluding hydrogens is 450 g/mol. The number of fused-ring (bicyclic) bond motifs is 1. The van der Waals surface area contributed by atoms with Crippen LogP contribution in [0.5, 0.6) is 0 Å². The summed E-state index contributed by atoms with van der Waals surface area (Å²) in [4.78, 5) is 30.1. The molecule has 1 heterocycles. The third-order valence-electron chi connectivity index (χ3n) is 8.72. The number of pyridine rings is 1. The van der Waals surface area contributed by atoms with E-state index >= 15 is 0 Å². The van der Waals surface area contributed by atoms with Gasteiger partial charge in [-0.3, -0.25) is 14.6 Å². The van der Waals surface area contributed by atoms with Gasteiger partial charge < -0.3 is 15.8 Å². The number of hydrogen-bond donors (Lipinski definition) is 2. The van der Waals surface area contributed by atoms with E-state index in [1.165, 1.54) is 32.1 Å². The van der Waals surface area contributed by atoms with Crippen molar-refractivity contribution >= 4 is 28.3 Å². The number of nitrogens with zero attached hydrogens (tertiary/aromatic N) is 1. The number of ether oxygens (including phenoxy) is 1. The molecule has 1 atom stereocenters. The molecule has 6 nitrogen and oxygen atoms in total. The smallest absolute Gasteiger partial charge is 0.309 e. The highest BCUT2D eigenvalue weighted by atomic mass is 16.5. The van der Waals surface area contributed by atoms with E-state index in [4.69, 9.17) is 10.5 Å². The maximum absolute atomic E-state index is 13.0. The molecule has 36 heavy (non-hydrogen) atoms. The second-order valence-electron chi connectivity index (χ2n) is 11.0. The van der Waals surface area contributed by atoms with Gasteiger partial charge >= 0.3 is 5.97 Å². The van der Waals surface area contributed by atoms with Crippen LogP contribution in [0.1, 0.15) is 49.1 Å². The van der Waals surface area contributed by atoms with Crippen molar-refractivity contribution in [2.45, 2.75) is 44.6 Å². The number of hydrogen-bond acceptors (Lipinski definition) is 5. The lowest BCUT2D eigenvalue weighted by Gasteiger charge is -2.53. The average molecular weight is 484 g/mol. The van der Waals surface area contributed by atoms with Crippen molar-refractivity contribution in [3.05, 3.63) is 72.1 Å². The Kier molecular flexibility index (Phi) is 6.22. The van der Waals surface area contributed by atoms with E-state index in [2.05, 4.69) is 10.3 Å². The number of aromatic nitrogens is 1. The SMILES string of the molecule is NCC(C(=O)Nc1ccc2cnccc2c1)c1ccc(COC(=O)C2C3CC4CC(C3)CC2C4)cc1. The summed E-state index contributed by atoms with van der Waals surface area (Å²) >= 11 is 0. The molecular formula is C30H33N3O3. The molecule has 1 aromatic heterocycles.